The van der Waals surface area contributed by atoms with Crippen LogP contribution >= 0.6 is 11.6 Å². The standard InChI is InChI=1S/C17H12ClNO2/c1-11-4-6-15(12(9-11)10-20)21-16-7-5-14(18)13-3-2-8-19-17(13)16/h2-10H,1H3. The maximum atomic E-state index is 11.2. The molecular formula is C17H12ClNO2. The summed E-state index contributed by atoms with van der Waals surface area (Å²) in [4.78, 5) is 15.5. The van der Waals surface area contributed by atoms with Gasteiger partial charge in [-0.1, -0.05) is 23.2 Å². The topological polar surface area (TPSA) is 39.2 Å². The van der Waals surface area contributed by atoms with Crippen LogP contribution < -0.4 is 4.74 Å². The van der Waals surface area contributed by atoms with Crippen LogP contribution in [0.3, 0.4) is 0 Å². The lowest BCUT2D eigenvalue weighted by Crippen LogP contribution is -1.93. The third-order valence-corrected chi connectivity index (χ3v) is 3.52. The Morgan fingerprint density at radius 1 is 1.14 bits per heavy atom. The number of ether oxygens (including phenoxy) is 1. The van der Waals surface area contributed by atoms with Crippen LogP contribution in [0.2, 0.25) is 5.02 Å². The molecule has 0 aliphatic carbocycles. The van der Waals surface area contributed by atoms with Gasteiger partial charge in [0.05, 0.1) is 10.6 Å². The maximum absolute atomic E-state index is 11.2. The first-order valence-corrected chi connectivity index (χ1v) is 6.84. The van der Waals surface area contributed by atoms with E-state index in [9.17, 15) is 4.79 Å². The lowest BCUT2D eigenvalue weighted by Gasteiger charge is -2.11. The van der Waals surface area contributed by atoms with E-state index in [1.807, 2.05) is 25.1 Å². The summed E-state index contributed by atoms with van der Waals surface area (Å²) in [6, 6.07) is 12.7. The van der Waals surface area contributed by atoms with Gasteiger partial charge in [-0.3, -0.25) is 9.78 Å². The Balaban J connectivity index is 2.11. The first-order valence-electron chi connectivity index (χ1n) is 6.46. The fraction of sp³-hybridized carbons (Fsp3) is 0.0588. The average molecular weight is 298 g/mol. The highest BCUT2D eigenvalue weighted by Gasteiger charge is 2.10. The van der Waals surface area contributed by atoms with E-state index in [1.54, 1.807) is 30.5 Å². The number of pyridine rings is 1. The molecule has 0 amide bonds. The number of carbonyl (C=O) groups excluding carboxylic acids is 1. The van der Waals surface area contributed by atoms with Crippen molar-refractivity contribution >= 4 is 28.8 Å². The van der Waals surface area contributed by atoms with Gasteiger partial charge in [0.25, 0.3) is 0 Å². The summed E-state index contributed by atoms with van der Waals surface area (Å²) in [7, 11) is 0. The van der Waals surface area contributed by atoms with Crippen molar-refractivity contribution in [1.29, 1.82) is 0 Å². The molecule has 0 N–H and O–H groups in total. The molecule has 0 atom stereocenters. The molecule has 3 rings (SSSR count). The number of aromatic nitrogens is 1. The van der Waals surface area contributed by atoms with E-state index in [0.29, 0.717) is 27.6 Å². The summed E-state index contributed by atoms with van der Waals surface area (Å²) in [5, 5.41) is 1.43. The monoisotopic (exact) mass is 297 g/mol. The highest BCUT2D eigenvalue weighted by molar-refractivity contribution is 6.35. The van der Waals surface area contributed by atoms with Crippen LogP contribution in [0.25, 0.3) is 10.9 Å². The van der Waals surface area contributed by atoms with E-state index in [-0.39, 0.29) is 0 Å². The van der Waals surface area contributed by atoms with Gasteiger partial charge in [-0.2, -0.15) is 0 Å². The van der Waals surface area contributed by atoms with Crippen LogP contribution in [0.15, 0.2) is 48.7 Å². The largest absolute Gasteiger partial charge is 0.454 e. The second-order valence-corrected chi connectivity index (χ2v) is 5.11. The van der Waals surface area contributed by atoms with Crippen LogP contribution in [0, 0.1) is 6.92 Å². The van der Waals surface area contributed by atoms with Crippen LogP contribution in [-0.4, -0.2) is 11.3 Å². The molecule has 1 heterocycles. The van der Waals surface area contributed by atoms with Crippen LogP contribution in [-0.2, 0) is 0 Å². The molecular weight excluding hydrogens is 286 g/mol. The second kappa shape index (κ2) is 5.54. The SMILES string of the molecule is Cc1ccc(Oc2ccc(Cl)c3cccnc23)c(C=O)c1. The number of fused-ring (bicyclic) bond motifs is 1. The van der Waals surface area contributed by atoms with Gasteiger partial charge in [-0.15, -0.1) is 0 Å². The summed E-state index contributed by atoms with van der Waals surface area (Å²) in [6.45, 7) is 1.93. The van der Waals surface area contributed by atoms with Gasteiger partial charge in [-0.25, -0.2) is 0 Å². The minimum atomic E-state index is 0.505. The summed E-state index contributed by atoms with van der Waals surface area (Å²) < 4.78 is 5.87. The third-order valence-electron chi connectivity index (χ3n) is 3.19. The van der Waals surface area contributed by atoms with Gasteiger partial charge >= 0.3 is 0 Å². The molecule has 0 radical (unpaired) electrons. The van der Waals surface area contributed by atoms with E-state index in [0.717, 1.165) is 17.2 Å². The number of carbonyl (C=O) groups is 1. The Morgan fingerprint density at radius 3 is 2.76 bits per heavy atom. The summed E-state index contributed by atoms with van der Waals surface area (Å²) in [5.74, 6) is 1.08. The van der Waals surface area contributed by atoms with E-state index < -0.39 is 0 Å². The first-order chi connectivity index (χ1) is 10.2. The molecule has 4 heteroatoms. The molecule has 0 aliphatic heterocycles. The van der Waals surface area contributed by atoms with Crippen molar-refractivity contribution in [3.05, 3.63) is 64.8 Å². The lowest BCUT2D eigenvalue weighted by atomic mass is 10.1. The van der Waals surface area contributed by atoms with Crippen molar-refractivity contribution in [2.75, 3.05) is 0 Å². The Morgan fingerprint density at radius 2 is 1.95 bits per heavy atom. The number of rotatable bonds is 3. The van der Waals surface area contributed by atoms with Crippen molar-refractivity contribution in [2.45, 2.75) is 6.92 Å². The highest BCUT2D eigenvalue weighted by Crippen LogP contribution is 2.33. The molecule has 3 aromatic rings. The number of hydrogen-bond acceptors (Lipinski definition) is 3. The Hall–Kier alpha value is -2.39. The maximum Gasteiger partial charge on any atom is 0.153 e. The fourth-order valence-corrected chi connectivity index (χ4v) is 2.38. The molecule has 21 heavy (non-hydrogen) atoms. The zero-order valence-electron chi connectivity index (χ0n) is 11.3. The van der Waals surface area contributed by atoms with E-state index in [4.69, 9.17) is 16.3 Å². The summed E-state index contributed by atoms with van der Waals surface area (Å²) in [5.41, 5.74) is 2.18. The average Bonchev–Trinajstić information content (AvgIpc) is 2.52. The molecule has 0 aliphatic rings. The van der Waals surface area contributed by atoms with Crippen LogP contribution in [0.4, 0.5) is 0 Å². The number of hydrogen-bond donors (Lipinski definition) is 0. The van der Waals surface area contributed by atoms with Crippen molar-refractivity contribution in [2.24, 2.45) is 0 Å². The smallest absolute Gasteiger partial charge is 0.153 e. The second-order valence-electron chi connectivity index (χ2n) is 4.71. The van der Waals surface area contributed by atoms with Gasteiger partial charge in [0, 0.05) is 11.6 Å². The quantitative estimate of drug-likeness (QED) is 0.652. The number of nitrogens with zero attached hydrogens (tertiary/aromatic N) is 1. The van der Waals surface area contributed by atoms with E-state index in [2.05, 4.69) is 4.98 Å². The highest BCUT2D eigenvalue weighted by atomic mass is 35.5. The Kier molecular flexibility index (Phi) is 3.59. The number of aldehydes is 1. The first kappa shape index (κ1) is 13.6. The molecule has 0 bridgehead atoms. The van der Waals surface area contributed by atoms with E-state index >= 15 is 0 Å². The number of benzene rings is 2. The van der Waals surface area contributed by atoms with Crippen molar-refractivity contribution in [1.82, 2.24) is 4.98 Å². The zero-order chi connectivity index (χ0) is 14.8. The Labute approximate surface area is 127 Å². The van der Waals surface area contributed by atoms with Crippen molar-refractivity contribution in [3.63, 3.8) is 0 Å². The minimum Gasteiger partial charge on any atom is -0.454 e. The molecule has 3 nitrogen and oxygen atoms in total. The van der Waals surface area contributed by atoms with Gasteiger partial charge in [-0.05, 0) is 43.3 Å². The van der Waals surface area contributed by atoms with Crippen molar-refractivity contribution in [3.8, 4) is 11.5 Å². The summed E-state index contributed by atoms with van der Waals surface area (Å²) in [6.07, 6.45) is 2.47. The third kappa shape index (κ3) is 2.60. The van der Waals surface area contributed by atoms with Crippen LogP contribution in [0.1, 0.15) is 15.9 Å². The minimum absolute atomic E-state index is 0.505. The van der Waals surface area contributed by atoms with Crippen LogP contribution in [0.5, 0.6) is 11.5 Å². The summed E-state index contributed by atoms with van der Waals surface area (Å²) >= 11 is 6.16. The molecule has 0 saturated carbocycles. The molecule has 0 saturated heterocycles. The Bertz CT molecular complexity index is 830. The fourth-order valence-electron chi connectivity index (χ4n) is 2.17. The molecule has 0 fully saturated rings. The predicted octanol–water partition coefficient (Wildman–Crippen LogP) is 4.80. The molecule has 0 spiro atoms. The molecule has 2 aromatic carbocycles. The van der Waals surface area contributed by atoms with Gasteiger partial charge in [0.15, 0.2) is 12.0 Å². The predicted molar refractivity (Wildman–Crippen MR) is 83.4 cm³/mol. The lowest BCUT2D eigenvalue weighted by molar-refractivity contribution is 0.112. The zero-order valence-corrected chi connectivity index (χ0v) is 12.1. The molecule has 0 unspecified atom stereocenters. The van der Waals surface area contributed by atoms with Gasteiger partial charge < -0.3 is 4.74 Å². The van der Waals surface area contributed by atoms with E-state index in [1.165, 1.54) is 0 Å². The molecule has 1 aromatic heterocycles. The number of halogens is 1. The van der Waals surface area contributed by atoms with Gasteiger partial charge in [0.2, 0.25) is 0 Å². The van der Waals surface area contributed by atoms with Crippen molar-refractivity contribution < 1.29 is 9.53 Å². The number of aryl methyl sites for hydroxylation is 1. The van der Waals surface area contributed by atoms with Gasteiger partial charge in [0.1, 0.15) is 11.3 Å². The normalized spacial score (nSPS) is 10.6. The molecule has 104 valence electrons.